The monoisotopic (exact) mass is 222 g/mol. The number of hydrogen-bond acceptors (Lipinski definition) is 1. The van der Waals surface area contributed by atoms with Crippen molar-refractivity contribution < 1.29 is 0 Å². The van der Waals surface area contributed by atoms with E-state index in [0.717, 1.165) is 16.9 Å². The van der Waals surface area contributed by atoms with Gasteiger partial charge in [0.05, 0.1) is 11.0 Å². The van der Waals surface area contributed by atoms with Crippen LogP contribution in [0.5, 0.6) is 0 Å². The molecular weight excluding hydrogens is 208 g/mol. The van der Waals surface area contributed by atoms with Gasteiger partial charge >= 0.3 is 0 Å². The van der Waals surface area contributed by atoms with Crippen LogP contribution in [0.3, 0.4) is 0 Å². The molecule has 0 radical (unpaired) electrons. The molecule has 0 N–H and O–H groups in total. The average Bonchev–Trinajstić information content (AvgIpc) is 2.64. The second-order valence-corrected chi connectivity index (χ2v) is 4.32. The number of nitrogens with zero attached hydrogens (tertiary/aromatic N) is 2. The highest BCUT2D eigenvalue weighted by atomic mass is 15.1. The fourth-order valence-corrected chi connectivity index (χ4v) is 2.24. The molecule has 0 amide bonds. The molecule has 0 spiro atoms. The first-order valence-corrected chi connectivity index (χ1v) is 5.77. The number of para-hydroxylation sites is 2. The van der Waals surface area contributed by atoms with Gasteiger partial charge < -0.3 is 0 Å². The Kier molecular flexibility index (Phi) is 2.22. The summed E-state index contributed by atoms with van der Waals surface area (Å²) < 4.78 is 2.20. The van der Waals surface area contributed by atoms with Gasteiger partial charge in [0.25, 0.3) is 0 Å². The predicted molar refractivity (Wildman–Crippen MR) is 70.5 cm³/mol. The summed E-state index contributed by atoms with van der Waals surface area (Å²) in [6.45, 7) is 4.15. The molecule has 0 fully saturated rings. The second-order valence-electron chi connectivity index (χ2n) is 4.32. The summed E-state index contributed by atoms with van der Waals surface area (Å²) in [5.74, 6) is 1.02. The van der Waals surface area contributed by atoms with Crippen LogP contribution in [0.2, 0.25) is 0 Å². The zero-order chi connectivity index (χ0) is 11.8. The summed E-state index contributed by atoms with van der Waals surface area (Å²) in [7, 11) is 0. The van der Waals surface area contributed by atoms with Crippen LogP contribution in [0.25, 0.3) is 16.7 Å². The van der Waals surface area contributed by atoms with E-state index in [4.69, 9.17) is 0 Å². The van der Waals surface area contributed by atoms with Crippen molar-refractivity contribution in [2.75, 3.05) is 0 Å². The Morgan fingerprint density at radius 1 is 0.941 bits per heavy atom. The first kappa shape index (κ1) is 10.1. The first-order chi connectivity index (χ1) is 8.25. The van der Waals surface area contributed by atoms with E-state index in [2.05, 4.69) is 58.9 Å². The molecule has 0 saturated carbocycles. The van der Waals surface area contributed by atoms with Gasteiger partial charge in [0.1, 0.15) is 5.82 Å². The number of aryl methyl sites for hydroxylation is 2. The van der Waals surface area contributed by atoms with Crippen molar-refractivity contribution in [3.63, 3.8) is 0 Å². The minimum atomic E-state index is 1.02. The van der Waals surface area contributed by atoms with E-state index >= 15 is 0 Å². The summed E-state index contributed by atoms with van der Waals surface area (Å²) in [6, 6.07) is 16.7. The van der Waals surface area contributed by atoms with Gasteiger partial charge in [0.2, 0.25) is 0 Å². The van der Waals surface area contributed by atoms with E-state index in [1.807, 2.05) is 13.0 Å². The first-order valence-electron chi connectivity index (χ1n) is 5.77. The SMILES string of the molecule is Cc1cccc(-n2c(C)nc3ccccc32)c1. The van der Waals surface area contributed by atoms with Crippen molar-refractivity contribution >= 4 is 11.0 Å². The minimum Gasteiger partial charge on any atom is -0.297 e. The summed E-state index contributed by atoms with van der Waals surface area (Å²) in [4.78, 5) is 4.58. The van der Waals surface area contributed by atoms with Crippen LogP contribution in [0.1, 0.15) is 11.4 Å². The van der Waals surface area contributed by atoms with Crippen molar-refractivity contribution in [2.24, 2.45) is 0 Å². The van der Waals surface area contributed by atoms with Gasteiger partial charge in [0.15, 0.2) is 0 Å². The highest BCUT2D eigenvalue weighted by Crippen LogP contribution is 2.21. The summed E-state index contributed by atoms with van der Waals surface area (Å²) in [6.07, 6.45) is 0. The third kappa shape index (κ3) is 1.62. The minimum absolute atomic E-state index is 1.02. The number of aromatic nitrogens is 2. The van der Waals surface area contributed by atoms with Crippen molar-refractivity contribution in [1.29, 1.82) is 0 Å². The molecule has 0 aliphatic heterocycles. The van der Waals surface area contributed by atoms with Gasteiger partial charge in [0, 0.05) is 5.69 Å². The lowest BCUT2D eigenvalue weighted by Crippen LogP contribution is -1.96. The Labute approximate surface area is 101 Å². The van der Waals surface area contributed by atoms with Gasteiger partial charge in [-0.15, -0.1) is 0 Å². The van der Waals surface area contributed by atoms with Crippen molar-refractivity contribution in [3.8, 4) is 5.69 Å². The molecule has 17 heavy (non-hydrogen) atoms. The van der Waals surface area contributed by atoms with Crippen LogP contribution in [0.4, 0.5) is 0 Å². The quantitative estimate of drug-likeness (QED) is 0.614. The van der Waals surface area contributed by atoms with Crippen molar-refractivity contribution in [3.05, 3.63) is 59.9 Å². The standard InChI is InChI=1S/C15H14N2/c1-11-6-5-7-13(10-11)17-12(2)16-14-8-3-4-9-15(14)17/h3-10H,1-2H3. The van der Waals surface area contributed by atoms with Crippen molar-refractivity contribution in [1.82, 2.24) is 9.55 Å². The zero-order valence-electron chi connectivity index (χ0n) is 10.0. The normalized spacial score (nSPS) is 10.9. The molecular formula is C15H14N2. The highest BCUT2D eigenvalue weighted by molar-refractivity contribution is 5.78. The fraction of sp³-hybridized carbons (Fsp3) is 0.133. The van der Waals surface area contributed by atoms with Crippen LogP contribution in [0, 0.1) is 13.8 Å². The smallest absolute Gasteiger partial charge is 0.111 e. The van der Waals surface area contributed by atoms with Gasteiger partial charge in [-0.2, -0.15) is 0 Å². The maximum atomic E-state index is 4.58. The molecule has 2 aromatic carbocycles. The Hall–Kier alpha value is -2.09. The molecule has 0 unspecified atom stereocenters. The molecule has 2 nitrogen and oxygen atoms in total. The van der Waals surface area contributed by atoms with Gasteiger partial charge in [-0.1, -0.05) is 24.3 Å². The number of rotatable bonds is 1. The van der Waals surface area contributed by atoms with Crippen LogP contribution in [-0.4, -0.2) is 9.55 Å². The van der Waals surface area contributed by atoms with E-state index in [1.165, 1.54) is 11.3 Å². The molecule has 3 aromatic rings. The lowest BCUT2D eigenvalue weighted by Gasteiger charge is -2.07. The average molecular weight is 222 g/mol. The van der Waals surface area contributed by atoms with Crippen LogP contribution >= 0.6 is 0 Å². The van der Waals surface area contributed by atoms with E-state index in [-0.39, 0.29) is 0 Å². The molecule has 0 saturated heterocycles. The van der Waals surface area contributed by atoms with E-state index in [9.17, 15) is 0 Å². The summed E-state index contributed by atoms with van der Waals surface area (Å²) in [5.41, 5.74) is 4.65. The molecule has 0 bridgehead atoms. The molecule has 3 rings (SSSR count). The van der Waals surface area contributed by atoms with Gasteiger partial charge in [-0.25, -0.2) is 4.98 Å². The van der Waals surface area contributed by atoms with E-state index < -0.39 is 0 Å². The number of benzene rings is 2. The molecule has 1 heterocycles. The Morgan fingerprint density at radius 2 is 1.76 bits per heavy atom. The second kappa shape index (κ2) is 3.74. The lowest BCUT2D eigenvalue weighted by atomic mass is 10.2. The van der Waals surface area contributed by atoms with Gasteiger partial charge in [-0.3, -0.25) is 4.57 Å². The largest absolute Gasteiger partial charge is 0.297 e. The third-order valence-corrected chi connectivity index (χ3v) is 2.99. The number of fused-ring (bicyclic) bond motifs is 1. The molecule has 0 aliphatic carbocycles. The third-order valence-electron chi connectivity index (χ3n) is 2.99. The maximum absolute atomic E-state index is 4.58. The van der Waals surface area contributed by atoms with Gasteiger partial charge in [-0.05, 0) is 43.7 Å². The zero-order valence-corrected chi connectivity index (χ0v) is 10.0. The number of hydrogen-bond donors (Lipinski definition) is 0. The molecule has 2 heteroatoms. The molecule has 1 aromatic heterocycles. The summed E-state index contributed by atoms with van der Waals surface area (Å²) in [5, 5.41) is 0. The lowest BCUT2D eigenvalue weighted by molar-refractivity contribution is 0.999. The highest BCUT2D eigenvalue weighted by Gasteiger charge is 2.07. The Morgan fingerprint density at radius 3 is 2.59 bits per heavy atom. The number of imidazole rings is 1. The molecule has 0 aliphatic rings. The van der Waals surface area contributed by atoms with Crippen LogP contribution in [0.15, 0.2) is 48.5 Å². The predicted octanol–water partition coefficient (Wildman–Crippen LogP) is 3.64. The Bertz CT molecular complexity index is 680. The maximum Gasteiger partial charge on any atom is 0.111 e. The Balaban J connectivity index is 2.33. The van der Waals surface area contributed by atoms with E-state index in [1.54, 1.807) is 0 Å². The summed E-state index contributed by atoms with van der Waals surface area (Å²) >= 11 is 0. The molecule has 84 valence electrons. The topological polar surface area (TPSA) is 17.8 Å². The van der Waals surface area contributed by atoms with Crippen LogP contribution < -0.4 is 0 Å². The van der Waals surface area contributed by atoms with E-state index in [0.29, 0.717) is 0 Å². The molecule has 0 atom stereocenters. The fourth-order valence-electron chi connectivity index (χ4n) is 2.24. The van der Waals surface area contributed by atoms with Crippen LogP contribution in [-0.2, 0) is 0 Å². The van der Waals surface area contributed by atoms with Crippen molar-refractivity contribution in [2.45, 2.75) is 13.8 Å².